The molecule has 0 heterocycles. The molecule has 5 heteroatoms. The van der Waals surface area contributed by atoms with Crippen LogP contribution in [0.25, 0.3) is 0 Å². The number of carboxylic acid groups (broad SMARTS) is 1. The average Bonchev–Trinajstić information content (AvgIpc) is 3.23. The molecule has 1 saturated carbocycles. The van der Waals surface area contributed by atoms with Crippen LogP contribution in [-0.2, 0) is 10.5 Å². The Morgan fingerprint density at radius 1 is 1.45 bits per heavy atom. The Morgan fingerprint density at radius 3 is 2.70 bits per heavy atom. The lowest BCUT2D eigenvalue weighted by molar-refractivity contribution is -0.144. The Labute approximate surface area is 123 Å². The van der Waals surface area contributed by atoms with Crippen LogP contribution in [0.4, 0.5) is 0 Å². The number of aliphatic carboxylic acids is 1. The SMILES string of the molecule is CSCc1cccc(C(=O)NC(C)(C(=O)O)C2CC2)c1. The van der Waals surface area contributed by atoms with Gasteiger partial charge in [0.15, 0.2) is 0 Å². The van der Waals surface area contributed by atoms with Gasteiger partial charge in [0.25, 0.3) is 5.91 Å². The standard InChI is InChI=1S/C15H19NO3S/c1-15(14(18)19,12-6-7-12)16-13(17)11-5-3-4-10(8-11)9-20-2/h3-5,8,12H,6-7,9H2,1-2H3,(H,16,17)(H,18,19). The van der Waals surface area contributed by atoms with Crippen molar-refractivity contribution in [2.45, 2.75) is 31.1 Å². The zero-order chi connectivity index (χ0) is 14.8. The van der Waals surface area contributed by atoms with Crippen LogP contribution in [0.15, 0.2) is 24.3 Å². The molecule has 0 bridgehead atoms. The molecule has 1 aromatic carbocycles. The fourth-order valence-corrected chi connectivity index (χ4v) is 2.78. The van der Waals surface area contributed by atoms with Gasteiger partial charge in [-0.3, -0.25) is 4.79 Å². The molecule has 0 saturated heterocycles. The van der Waals surface area contributed by atoms with E-state index in [1.54, 1.807) is 24.8 Å². The lowest BCUT2D eigenvalue weighted by Gasteiger charge is -2.26. The summed E-state index contributed by atoms with van der Waals surface area (Å²) in [6.45, 7) is 1.59. The molecule has 1 unspecified atom stereocenters. The van der Waals surface area contributed by atoms with E-state index in [0.29, 0.717) is 5.56 Å². The molecule has 0 aliphatic heterocycles. The van der Waals surface area contributed by atoms with E-state index >= 15 is 0 Å². The van der Waals surface area contributed by atoms with E-state index in [1.807, 2.05) is 24.5 Å². The number of thioether (sulfide) groups is 1. The Balaban J connectivity index is 2.14. The third-order valence-corrected chi connectivity index (χ3v) is 4.33. The first-order valence-corrected chi connectivity index (χ1v) is 8.00. The molecule has 0 aromatic heterocycles. The van der Waals surface area contributed by atoms with Crippen LogP contribution in [0.1, 0.15) is 35.7 Å². The van der Waals surface area contributed by atoms with E-state index in [-0.39, 0.29) is 11.8 Å². The molecular weight excluding hydrogens is 274 g/mol. The molecule has 0 spiro atoms. The Bertz CT molecular complexity index is 528. The smallest absolute Gasteiger partial charge is 0.329 e. The first kappa shape index (κ1) is 14.9. The Kier molecular flexibility index (Phi) is 4.38. The number of carbonyl (C=O) groups is 2. The summed E-state index contributed by atoms with van der Waals surface area (Å²) >= 11 is 1.68. The summed E-state index contributed by atoms with van der Waals surface area (Å²) in [7, 11) is 0. The van der Waals surface area contributed by atoms with Gasteiger partial charge in [-0.2, -0.15) is 11.8 Å². The fourth-order valence-electron chi connectivity index (χ4n) is 2.27. The minimum Gasteiger partial charge on any atom is -0.480 e. The number of amides is 1. The average molecular weight is 293 g/mol. The van der Waals surface area contributed by atoms with Gasteiger partial charge in [-0.1, -0.05) is 12.1 Å². The van der Waals surface area contributed by atoms with Crippen LogP contribution >= 0.6 is 11.8 Å². The van der Waals surface area contributed by atoms with E-state index < -0.39 is 11.5 Å². The van der Waals surface area contributed by atoms with Gasteiger partial charge in [0.1, 0.15) is 5.54 Å². The lowest BCUT2D eigenvalue weighted by atomic mass is 9.95. The van der Waals surface area contributed by atoms with Crippen molar-refractivity contribution >= 4 is 23.6 Å². The van der Waals surface area contributed by atoms with Crippen LogP contribution in [0, 0.1) is 5.92 Å². The van der Waals surface area contributed by atoms with E-state index in [1.165, 1.54) is 0 Å². The van der Waals surface area contributed by atoms with E-state index in [0.717, 1.165) is 24.2 Å². The molecule has 108 valence electrons. The highest BCUT2D eigenvalue weighted by atomic mass is 32.2. The maximum absolute atomic E-state index is 12.3. The van der Waals surface area contributed by atoms with Gasteiger partial charge in [0, 0.05) is 11.3 Å². The second-order valence-electron chi connectivity index (χ2n) is 5.37. The summed E-state index contributed by atoms with van der Waals surface area (Å²) in [4.78, 5) is 23.7. The highest BCUT2D eigenvalue weighted by Gasteiger charge is 2.48. The molecule has 0 radical (unpaired) electrons. The lowest BCUT2D eigenvalue weighted by Crippen LogP contribution is -2.54. The molecule has 4 nitrogen and oxygen atoms in total. The van der Waals surface area contributed by atoms with Crippen LogP contribution in [0.2, 0.25) is 0 Å². The summed E-state index contributed by atoms with van der Waals surface area (Å²) in [6.07, 6.45) is 3.71. The van der Waals surface area contributed by atoms with Crippen molar-refractivity contribution in [2.75, 3.05) is 6.26 Å². The van der Waals surface area contributed by atoms with Gasteiger partial charge in [0.05, 0.1) is 0 Å². The number of benzene rings is 1. The van der Waals surface area contributed by atoms with Crippen molar-refractivity contribution in [3.8, 4) is 0 Å². The Hall–Kier alpha value is -1.49. The maximum Gasteiger partial charge on any atom is 0.329 e. The number of hydrogen-bond donors (Lipinski definition) is 2. The number of hydrogen-bond acceptors (Lipinski definition) is 3. The number of carboxylic acids is 1. The second kappa shape index (κ2) is 5.87. The molecule has 1 aliphatic rings. The third kappa shape index (κ3) is 3.15. The maximum atomic E-state index is 12.3. The quantitative estimate of drug-likeness (QED) is 0.846. The minimum atomic E-state index is -1.16. The van der Waals surface area contributed by atoms with Crippen molar-refractivity contribution in [3.05, 3.63) is 35.4 Å². The van der Waals surface area contributed by atoms with Gasteiger partial charge >= 0.3 is 5.97 Å². The normalized spacial score (nSPS) is 17.3. The van der Waals surface area contributed by atoms with Crippen molar-refractivity contribution < 1.29 is 14.7 Å². The highest BCUT2D eigenvalue weighted by molar-refractivity contribution is 7.97. The monoisotopic (exact) mass is 293 g/mol. The molecule has 1 aliphatic carbocycles. The first-order chi connectivity index (χ1) is 9.47. The van der Waals surface area contributed by atoms with Crippen LogP contribution in [0.3, 0.4) is 0 Å². The zero-order valence-corrected chi connectivity index (χ0v) is 12.5. The molecular formula is C15H19NO3S. The number of rotatable bonds is 6. The van der Waals surface area contributed by atoms with Gasteiger partial charge in [0.2, 0.25) is 0 Å². The highest BCUT2D eigenvalue weighted by Crippen LogP contribution is 2.39. The third-order valence-electron chi connectivity index (χ3n) is 3.71. The van der Waals surface area contributed by atoms with Crippen LogP contribution in [-0.4, -0.2) is 28.8 Å². The number of carbonyl (C=O) groups excluding carboxylic acids is 1. The molecule has 1 aromatic rings. The van der Waals surface area contributed by atoms with Gasteiger partial charge in [-0.25, -0.2) is 4.79 Å². The molecule has 2 rings (SSSR count). The number of nitrogens with one attached hydrogen (secondary N) is 1. The summed E-state index contributed by atoms with van der Waals surface area (Å²) in [5, 5.41) is 12.1. The summed E-state index contributed by atoms with van der Waals surface area (Å²) in [6, 6.07) is 7.33. The molecule has 1 fully saturated rings. The molecule has 2 N–H and O–H groups in total. The van der Waals surface area contributed by atoms with E-state index in [2.05, 4.69) is 5.32 Å². The molecule has 1 amide bonds. The largest absolute Gasteiger partial charge is 0.480 e. The van der Waals surface area contributed by atoms with Crippen LogP contribution < -0.4 is 5.32 Å². The topological polar surface area (TPSA) is 66.4 Å². The van der Waals surface area contributed by atoms with Crippen molar-refractivity contribution in [1.82, 2.24) is 5.32 Å². The van der Waals surface area contributed by atoms with Crippen molar-refractivity contribution in [2.24, 2.45) is 5.92 Å². The van der Waals surface area contributed by atoms with E-state index in [4.69, 9.17) is 0 Å². The van der Waals surface area contributed by atoms with Crippen molar-refractivity contribution in [3.63, 3.8) is 0 Å². The van der Waals surface area contributed by atoms with Crippen LogP contribution in [0.5, 0.6) is 0 Å². The minimum absolute atomic E-state index is 0.0401. The molecule has 20 heavy (non-hydrogen) atoms. The summed E-state index contributed by atoms with van der Waals surface area (Å²) < 4.78 is 0. The van der Waals surface area contributed by atoms with Gasteiger partial charge in [-0.15, -0.1) is 0 Å². The summed E-state index contributed by atoms with van der Waals surface area (Å²) in [5.74, 6) is -0.406. The Morgan fingerprint density at radius 2 is 2.15 bits per heavy atom. The second-order valence-corrected chi connectivity index (χ2v) is 6.24. The molecule has 1 atom stereocenters. The predicted molar refractivity (Wildman–Crippen MR) is 79.9 cm³/mol. The predicted octanol–water partition coefficient (Wildman–Crippen LogP) is 2.53. The fraction of sp³-hybridized carbons (Fsp3) is 0.467. The van der Waals surface area contributed by atoms with Crippen molar-refractivity contribution in [1.29, 1.82) is 0 Å². The van der Waals surface area contributed by atoms with Gasteiger partial charge < -0.3 is 10.4 Å². The van der Waals surface area contributed by atoms with E-state index in [9.17, 15) is 14.7 Å². The first-order valence-electron chi connectivity index (χ1n) is 6.61. The van der Waals surface area contributed by atoms with Gasteiger partial charge in [-0.05, 0) is 49.6 Å². The zero-order valence-electron chi connectivity index (χ0n) is 11.7. The summed E-state index contributed by atoms with van der Waals surface area (Å²) in [5.41, 5.74) is 0.422.